The second-order valence-electron chi connectivity index (χ2n) is 8.29. The van der Waals surface area contributed by atoms with E-state index in [0.29, 0.717) is 0 Å². The average Bonchev–Trinajstić information content (AvgIpc) is 3.41. The summed E-state index contributed by atoms with van der Waals surface area (Å²) in [6, 6.07) is 21.4. The topological polar surface area (TPSA) is 13.1 Å². The molecular weight excluding hydrogens is 352 g/mol. The third kappa shape index (κ3) is 2.38. The van der Waals surface area contributed by atoms with Crippen LogP contribution in [0.5, 0.6) is 0 Å². The molecule has 0 saturated heterocycles. The smallest absolute Gasteiger partial charge is 0.136 e. The van der Waals surface area contributed by atoms with Gasteiger partial charge in [0.15, 0.2) is 0 Å². The van der Waals surface area contributed by atoms with Crippen molar-refractivity contribution in [2.75, 3.05) is 0 Å². The molecular formula is C25H21ClO. The minimum atomic E-state index is 0.723. The lowest BCUT2D eigenvalue weighted by Crippen LogP contribution is -2.09. The maximum atomic E-state index is 6.49. The average molecular weight is 373 g/mol. The first-order valence-corrected chi connectivity index (χ1v) is 10.4. The molecule has 3 unspecified atom stereocenters. The second-order valence-corrected chi connectivity index (χ2v) is 8.70. The summed E-state index contributed by atoms with van der Waals surface area (Å²) in [5.41, 5.74) is 5.93. The van der Waals surface area contributed by atoms with Gasteiger partial charge >= 0.3 is 0 Å². The fraction of sp³-hybridized carbons (Fsp3) is 0.280. The van der Waals surface area contributed by atoms with Crippen LogP contribution in [0.2, 0.25) is 5.02 Å². The van der Waals surface area contributed by atoms with E-state index in [1.54, 1.807) is 0 Å². The summed E-state index contributed by atoms with van der Waals surface area (Å²) >= 11 is 6.49. The highest BCUT2D eigenvalue weighted by Gasteiger charge is 2.40. The number of rotatable bonds is 2. The molecule has 0 spiro atoms. The van der Waals surface area contributed by atoms with Crippen LogP contribution in [-0.4, -0.2) is 0 Å². The lowest BCUT2D eigenvalue weighted by molar-refractivity contribution is 0.420. The standard InChI is InChI=1S/C25H21ClO/c26-22-6-3-7-24-25(22)21-14-17(10-11-23(21)27-24)18-4-1-2-5-19(18)20-13-15-8-9-16(20)12-15/h1-7,10-11,14-16,20H,8-9,12-13H2. The normalized spacial score (nSPS) is 24.3. The molecule has 2 aliphatic carbocycles. The van der Waals surface area contributed by atoms with Crippen molar-refractivity contribution in [3.8, 4) is 11.1 Å². The highest BCUT2D eigenvalue weighted by Crippen LogP contribution is 2.54. The van der Waals surface area contributed by atoms with Gasteiger partial charge in [-0.15, -0.1) is 0 Å². The Hall–Kier alpha value is -2.25. The maximum absolute atomic E-state index is 6.49. The molecule has 27 heavy (non-hydrogen) atoms. The van der Waals surface area contributed by atoms with Gasteiger partial charge in [0.2, 0.25) is 0 Å². The SMILES string of the molecule is Clc1cccc2oc3ccc(-c4ccccc4C4CC5CCC4C5)cc3c12. The van der Waals surface area contributed by atoms with E-state index in [1.807, 2.05) is 18.2 Å². The fourth-order valence-electron chi connectivity index (χ4n) is 5.66. The molecule has 1 nitrogen and oxygen atoms in total. The third-order valence-corrected chi connectivity index (χ3v) is 7.17. The number of hydrogen-bond donors (Lipinski definition) is 0. The highest BCUT2D eigenvalue weighted by atomic mass is 35.5. The van der Waals surface area contributed by atoms with Crippen molar-refractivity contribution < 1.29 is 4.42 Å². The van der Waals surface area contributed by atoms with Crippen molar-refractivity contribution in [2.45, 2.75) is 31.6 Å². The van der Waals surface area contributed by atoms with Crippen molar-refractivity contribution in [3.63, 3.8) is 0 Å². The van der Waals surface area contributed by atoms with Crippen LogP contribution in [-0.2, 0) is 0 Å². The Balaban J connectivity index is 1.53. The Labute approximate surface area is 163 Å². The predicted octanol–water partition coefficient (Wildman–Crippen LogP) is 7.81. The van der Waals surface area contributed by atoms with E-state index in [4.69, 9.17) is 16.0 Å². The Bertz CT molecular complexity index is 1170. The Morgan fingerprint density at radius 1 is 0.852 bits per heavy atom. The summed E-state index contributed by atoms with van der Waals surface area (Å²) in [5, 5.41) is 2.88. The molecule has 2 heteroatoms. The van der Waals surface area contributed by atoms with Crippen LogP contribution >= 0.6 is 11.6 Å². The van der Waals surface area contributed by atoms with Gasteiger partial charge in [-0.3, -0.25) is 0 Å². The van der Waals surface area contributed by atoms with Crippen LogP contribution < -0.4 is 0 Å². The van der Waals surface area contributed by atoms with Crippen molar-refractivity contribution in [1.82, 2.24) is 0 Å². The Morgan fingerprint density at radius 2 is 1.78 bits per heavy atom. The molecule has 134 valence electrons. The molecule has 2 fully saturated rings. The molecule has 3 atom stereocenters. The van der Waals surface area contributed by atoms with Gasteiger partial charge in [-0.1, -0.05) is 54.4 Å². The molecule has 4 aromatic rings. The zero-order chi connectivity index (χ0) is 18.0. The molecule has 1 heterocycles. The quantitative estimate of drug-likeness (QED) is 0.349. The Morgan fingerprint density at radius 3 is 2.63 bits per heavy atom. The zero-order valence-corrected chi connectivity index (χ0v) is 15.9. The summed E-state index contributed by atoms with van der Waals surface area (Å²) in [5.74, 6) is 2.55. The second kappa shape index (κ2) is 5.87. The van der Waals surface area contributed by atoms with Gasteiger partial charge in [0.25, 0.3) is 0 Å². The van der Waals surface area contributed by atoms with E-state index >= 15 is 0 Å². The molecule has 0 aliphatic heterocycles. The Kier molecular flexibility index (Phi) is 3.43. The first-order chi connectivity index (χ1) is 13.3. The third-order valence-electron chi connectivity index (χ3n) is 6.85. The van der Waals surface area contributed by atoms with Crippen molar-refractivity contribution in [1.29, 1.82) is 0 Å². The molecule has 2 bridgehead atoms. The summed E-state index contributed by atoms with van der Waals surface area (Å²) in [6.45, 7) is 0. The monoisotopic (exact) mass is 372 g/mol. The molecule has 0 amide bonds. The number of hydrogen-bond acceptors (Lipinski definition) is 1. The molecule has 1 aromatic heterocycles. The van der Waals surface area contributed by atoms with E-state index < -0.39 is 0 Å². The van der Waals surface area contributed by atoms with Crippen molar-refractivity contribution >= 4 is 33.5 Å². The van der Waals surface area contributed by atoms with Crippen LogP contribution in [0, 0.1) is 11.8 Å². The highest BCUT2D eigenvalue weighted by molar-refractivity contribution is 6.37. The molecule has 0 N–H and O–H groups in total. The van der Waals surface area contributed by atoms with Gasteiger partial charge in [0, 0.05) is 10.8 Å². The van der Waals surface area contributed by atoms with Crippen LogP contribution in [0.25, 0.3) is 33.1 Å². The van der Waals surface area contributed by atoms with E-state index in [2.05, 4.69) is 42.5 Å². The van der Waals surface area contributed by atoms with E-state index in [0.717, 1.165) is 44.7 Å². The number of furan rings is 1. The van der Waals surface area contributed by atoms with Gasteiger partial charge in [0.05, 0.1) is 5.02 Å². The summed E-state index contributed by atoms with van der Waals surface area (Å²) in [7, 11) is 0. The van der Waals surface area contributed by atoms with Crippen LogP contribution in [0.4, 0.5) is 0 Å². The van der Waals surface area contributed by atoms with Gasteiger partial charge < -0.3 is 4.42 Å². The molecule has 6 rings (SSSR count). The zero-order valence-electron chi connectivity index (χ0n) is 15.1. The molecule has 3 aromatic carbocycles. The van der Waals surface area contributed by atoms with E-state index in [9.17, 15) is 0 Å². The first-order valence-electron chi connectivity index (χ1n) is 9.98. The molecule has 0 radical (unpaired) electrons. The summed E-state index contributed by atoms with van der Waals surface area (Å²) in [6.07, 6.45) is 5.64. The van der Waals surface area contributed by atoms with Gasteiger partial charge in [-0.25, -0.2) is 0 Å². The largest absolute Gasteiger partial charge is 0.456 e. The van der Waals surface area contributed by atoms with Crippen LogP contribution in [0.15, 0.2) is 65.1 Å². The van der Waals surface area contributed by atoms with Crippen molar-refractivity contribution in [2.24, 2.45) is 11.8 Å². The van der Waals surface area contributed by atoms with Gasteiger partial charge in [0.1, 0.15) is 11.2 Å². The van der Waals surface area contributed by atoms with E-state index in [1.165, 1.54) is 42.4 Å². The minimum Gasteiger partial charge on any atom is -0.456 e. The fourth-order valence-corrected chi connectivity index (χ4v) is 5.93. The van der Waals surface area contributed by atoms with Crippen LogP contribution in [0.1, 0.15) is 37.2 Å². The summed E-state index contributed by atoms with van der Waals surface area (Å²) in [4.78, 5) is 0. The predicted molar refractivity (Wildman–Crippen MR) is 112 cm³/mol. The minimum absolute atomic E-state index is 0.723. The number of halogens is 1. The summed E-state index contributed by atoms with van der Waals surface area (Å²) < 4.78 is 6.01. The lowest BCUT2D eigenvalue weighted by atomic mass is 9.80. The maximum Gasteiger partial charge on any atom is 0.136 e. The van der Waals surface area contributed by atoms with Gasteiger partial charge in [-0.05, 0) is 78.0 Å². The van der Waals surface area contributed by atoms with E-state index in [-0.39, 0.29) is 0 Å². The number of benzene rings is 3. The molecule has 2 aliphatic rings. The molecule has 2 saturated carbocycles. The lowest BCUT2D eigenvalue weighted by Gasteiger charge is -2.24. The number of fused-ring (bicyclic) bond motifs is 5. The van der Waals surface area contributed by atoms with Gasteiger partial charge in [-0.2, -0.15) is 0 Å². The van der Waals surface area contributed by atoms with Crippen LogP contribution in [0.3, 0.4) is 0 Å². The van der Waals surface area contributed by atoms with Crippen molar-refractivity contribution in [3.05, 3.63) is 71.2 Å². The first kappa shape index (κ1) is 15.8.